The zero-order valence-corrected chi connectivity index (χ0v) is 14.9. The van der Waals surface area contributed by atoms with Crippen molar-refractivity contribution >= 4 is 16.7 Å². The van der Waals surface area contributed by atoms with Crippen LogP contribution in [0.25, 0.3) is 22.0 Å². The Hall–Kier alpha value is -2.66. The number of fused-ring (bicyclic) bond motifs is 1. The molecule has 26 heavy (non-hydrogen) atoms. The smallest absolute Gasteiger partial charge is 0.271 e. The molecule has 1 spiro atoms. The Kier molecular flexibility index (Phi) is 3.40. The molecule has 0 atom stereocenters. The van der Waals surface area contributed by atoms with Gasteiger partial charge in [-0.3, -0.25) is 9.89 Å². The maximum absolute atomic E-state index is 12.9. The third kappa shape index (κ3) is 2.51. The van der Waals surface area contributed by atoms with E-state index in [4.69, 9.17) is 0 Å². The van der Waals surface area contributed by atoms with Crippen LogP contribution in [-0.2, 0) is 0 Å². The molecule has 1 amide bonds. The fourth-order valence-electron chi connectivity index (χ4n) is 4.56. The molecule has 0 saturated carbocycles. The maximum Gasteiger partial charge on any atom is 0.271 e. The Morgan fingerprint density at radius 3 is 2.69 bits per heavy atom. The van der Waals surface area contributed by atoms with Crippen LogP contribution in [0.3, 0.4) is 0 Å². The van der Waals surface area contributed by atoms with Gasteiger partial charge in [-0.05, 0) is 36.4 Å². The van der Waals surface area contributed by atoms with Gasteiger partial charge in [-0.15, -0.1) is 0 Å². The number of aromatic amines is 1. The number of H-pyrrole nitrogens is 1. The van der Waals surface area contributed by atoms with Crippen molar-refractivity contribution in [2.45, 2.75) is 6.42 Å². The van der Waals surface area contributed by atoms with E-state index in [0.717, 1.165) is 43.9 Å². The van der Waals surface area contributed by atoms with Gasteiger partial charge in [0, 0.05) is 37.2 Å². The van der Waals surface area contributed by atoms with Crippen molar-refractivity contribution in [2.24, 2.45) is 5.41 Å². The van der Waals surface area contributed by atoms with E-state index in [1.807, 2.05) is 23.1 Å². The second-order valence-corrected chi connectivity index (χ2v) is 7.88. The quantitative estimate of drug-likeness (QED) is 0.776. The number of nitrogens with zero attached hydrogens (tertiary/aromatic N) is 3. The summed E-state index contributed by atoms with van der Waals surface area (Å²) in [4.78, 5) is 17.2. The molecule has 5 rings (SSSR count). The van der Waals surface area contributed by atoms with Gasteiger partial charge in [0.15, 0.2) is 0 Å². The van der Waals surface area contributed by atoms with Gasteiger partial charge in [-0.2, -0.15) is 5.10 Å². The lowest BCUT2D eigenvalue weighted by atomic mass is 9.79. The molecule has 0 bridgehead atoms. The van der Waals surface area contributed by atoms with Crippen molar-refractivity contribution in [3.8, 4) is 11.3 Å². The monoisotopic (exact) mass is 346 g/mol. The van der Waals surface area contributed by atoms with Crippen LogP contribution in [0.15, 0.2) is 48.5 Å². The van der Waals surface area contributed by atoms with Crippen LogP contribution in [-0.4, -0.2) is 59.1 Å². The van der Waals surface area contributed by atoms with Gasteiger partial charge in [0.05, 0.1) is 5.69 Å². The van der Waals surface area contributed by atoms with E-state index >= 15 is 0 Å². The summed E-state index contributed by atoms with van der Waals surface area (Å²) in [7, 11) is 2.14. The number of likely N-dealkylation sites (tertiary alicyclic amines) is 2. The summed E-state index contributed by atoms with van der Waals surface area (Å²) < 4.78 is 0. The second-order valence-electron chi connectivity index (χ2n) is 7.88. The van der Waals surface area contributed by atoms with Gasteiger partial charge >= 0.3 is 0 Å². The fourth-order valence-corrected chi connectivity index (χ4v) is 4.56. The SMILES string of the molecule is CN1CC2(CCN(C(=O)c3cc(-c4ccc5ccccc5c4)n[nH]3)C2)C1. The molecule has 3 heterocycles. The van der Waals surface area contributed by atoms with E-state index in [1.165, 1.54) is 10.8 Å². The molecule has 1 aromatic heterocycles. The molecule has 2 saturated heterocycles. The molecule has 5 heteroatoms. The van der Waals surface area contributed by atoms with E-state index in [2.05, 4.69) is 52.5 Å². The molecular formula is C21H22N4O. The average Bonchev–Trinajstić information content (AvgIpc) is 3.28. The summed E-state index contributed by atoms with van der Waals surface area (Å²) in [5.74, 6) is 0.0657. The van der Waals surface area contributed by atoms with E-state index in [-0.39, 0.29) is 5.91 Å². The van der Waals surface area contributed by atoms with Gasteiger partial charge < -0.3 is 9.80 Å². The summed E-state index contributed by atoms with van der Waals surface area (Å²) in [5.41, 5.74) is 2.75. The number of hydrogen-bond donors (Lipinski definition) is 1. The molecule has 0 aliphatic carbocycles. The first-order valence-corrected chi connectivity index (χ1v) is 9.14. The Labute approximate surface area is 152 Å². The van der Waals surface area contributed by atoms with Crippen LogP contribution in [0.5, 0.6) is 0 Å². The van der Waals surface area contributed by atoms with Crippen molar-refractivity contribution in [2.75, 3.05) is 33.2 Å². The Morgan fingerprint density at radius 1 is 1.08 bits per heavy atom. The van der Waals surface area contributed by atoms with Crippen LogP contribution >= 0.6 is 0 Å². The zero-order chi connectivity index (χ0) is 17.7. The van der Waals surface area contributed by atoms with Crippen LogP contribution in [0.2, 0.25) is 0 Å². The van der Waals surface area contributed by atoms with Crippen molar-refractivity contribution < 1.29 is 4.79 Å². The van der Waals surface area contributed by atoms with E-state index in [1.54, 1.807) is 0 Å². The highest BCUT2D eigenvalue weighted by Crippen LogP contribution is 2.39. The highest BCUT2D eigenvalue weighted by Gasteiger charge is 2.47. The largest absolute Gasteiger partial charge is 0.337 e. The first-order chi connectivity index (χ1) is 12.6. The van der Waals surface area contributed by atoms with Crippen molar-refractivity contribution in [1.29, 1.82) is 0 Å². The van der Waals surface area contributed by atoms with Gasteiger partial charge in [-0.1, -0.05) is 36.4 Å². The lowest BCUT2D eigenvalue weighted by Gasteiger charge is -2.46. The maximum atomic E-state index is 12.9. The molecule has 2 aliphatic rings. The first kappa shape index (κ1) is 15.6. The second kappa shape index (κ2) is 5.68. The normalized spacial score (nSPS) is 19.2. The van der Waals surface area contributed by atoms with Gasteiger partial charge in [-0.25, -0.2) is 0 Å². The van der Waals surface area contributed by atoms with E-state index in [0.29, 0.717) is 11.1 Å². The number of carbonyl (C=O) groups excluding carboxylic acids is 1. The number of rotatable bonds is 2. The topological polar surface area (TPSA) is 52.2 Å². The lowest BCUT2D eigenvalue weighted by Crippen LogP contribution is -2.55. The van der Waals surface area contributed by atoms with Gasteiger partial charge in [0.1, 0.15) is 5.69 Å². The van der Waals surface area contributed by atoms with Crippen LogP contribution < -0.4 is 0 Å². The molecule has 2 aliphatic heterocycles. The molecular weight excluding hydrogens is 324 g/mol. The number of aromatic nitrogens is 2. The number of benzene rings is 2. The lowest BCUT2D eigenvalue weighted by molar-refractivity contribution is 0.0293. The summed E-state index contributed by atoms with van der Waals surface area (Å²) >= 11 is 0. The minimum atomic E-state index is 0.0657. The summed E-state index contributed by atoms with van der Waals surface area (Å²) in [6, 6.07) is 16.4. The predicted octanol–water partition coefficient (Wildman–Crippen LogP) is 3.01. The van der Waals surface area contributed by atoms with Crippen LogP contribution in [0, 0.1) is 5.41 Å². The molecule has 3 aromatic rings. The molecule has 0 radical (unpaired) electrons. The third-order valence-electron chi connectivity index (χ3n) is 5.79. The molecule has 0 unspecified atom stereocenters. The highest BCUT2D eigenvalue weighted by atomic mass is 16.2. The van der Waals surface area contributed by atoms with E-state index in [9.17, 15) is 4.79 Å². The fraction of sp³-hybridized carbons (Fsp3) is 0.333. The Morgan fingerprint density at radius 2 is 1.88 bits per heavy atom. The minimum absolute atomic E-state index is 0.0657. The van der Waals surface area contributed by atoms with E-state index < -0.39 is 0 Å². The molecule has 2 fully saturated rings. The number of nitrogens with one attached hydrogen (secondary N) is 1. The Bertz CT molecular complexity index is 986. The summed E-state index contributed by atoms with van der Waals surface area (Å²) in [5, 5.41) is 9.72. The predicted molar refractivity (Wildman–Crippen MR) is 102 cm³/mol. The van der Waals surface area contributed by atoms with Crippen molar-refractivity contribution in [1.82, 2.24) is 20.0 Å². The van der Waals surface area contributed by atoms with Crippen molar-refractivity contribution in [3.05, 3.63) is 54.2 Å². The average molecular weight is 346 g/mol. The number of carbonyl (C=O) groups is 1. The number of hydrogen-bond acceptors (Lipinski definition) is 3. The molecule has 5 nitrogen and oxygen atoms in total. The summed E-state index contributed by atoms with van der Waals surface area (Å²) in [6.07, 6.45) is 1.11. The third-order valence-corrected chi connectivity index (χ3v) is 5.79. The standard InChI is InChI=1S/C21H22N4O/c1-24-12-21(13-24)8-9-25(14-21)20(26)19-11-18(22-23-19)17-7-6-15-4-2-3-5-16(15)10-17/h2-7,10-11H,8-9,12-14H2,1H3,(H,22,23). The zero-order valence-electron chi connectivity index (χ0n) is 14.9. The summed E-state index contributed by atoms with van der Waals surface area (Å²) in [6.45, 7) is 3.90. The first-order valence-electron chi connectivity index (χ1n) is 9.14. The minimum Gasteiger partial charge on any atom is -0.337 e. The molecule has 2 aromatic carbocycles. The van der Waals surface area contributed by atoms with Gasteiger partial charge in [0.2, 0.25) is 0 Å². The van der Waals surface area contributed by atoms with Crippen LogP contribution in [0.4, 0.5) is 0 Å². The number of amides is 1. The highest BCUT2D eigenvalue weighted by molar-refractivity contribution is 5.94. The van der Waals surface area contributed by atoms with Crippen molar-refractivity contribution in [3.63, 3.8) is 0 Å². The molecule has 1 N–H and O–H groups in total. The van der Waals surface area contributed by atoms with Crippen LogP contribution in [0.1, 0.15) is 16.9 Å². The molecule has 132 valence electrons. The van der Waals surface area contributed by atoms with Gasteiger partial charge in [0.25, 0.3) is 5.91 Å². The Balaban J connectivity index is 1.37.